The van der Waals surface area contributed by atoms with E-state index in [2.05, 4.69) is 5.32 Å². The lowest BCUT2D eigenvalue weighted by Crippen LogP contribution is -2.54. The number of nitrogens with zero attached hydrogens (tertiary/aromatic N) is 2. The summed E-state index contributed by atoms with van der Waals surface area (Å²) in [6, 6.07) is 2.75. The second kappa shape index (κ2) is 7.94. The minimum absolute atomic E-state index is 0. The van der Waals surface area contributed by atoms with Gasteiger partial charge in [-0.15, -0.1) is 12.4 Å². The zero-order valence-corrected chi connectivity index (χ0v) is 15.1. The van der Waals surface area contributed by atoms with Crippen molar-refractivity contribution in [1.82, 2.24) is 14.5 Å². The van der Waals surface area contributed by atoms with Crippen LogP contribution in [0.15, 0.2) is 23.1 Å². The summed E-state index contributed by atoms with van der Waals surface area (Å²) in [4.78, 5) is 13.0. The highest BCUT2D eigenvalue weighted by Gasteiger charge is 2.35. The van der Waals surface area contributed by atoms with Crippen molar-refractivity contribution >= 4 is 28.3 Å². The van der Waals surface area contributed by atoms with Crippen LogP contribution in [0.2, 0.25) is 0 Å². The number of halogens is 3. The first-order chi connectivity index (χ1) is 11.4. The summed E-state index contributed by atoms with van der Waals surface area (Å²) in [5.41, 5.74) is 0. The highest BCUT2D eigenvalue weighted by atomic mass is 35.5. The molecule has 0 saturated carbocycles. The van der Waals surface area contributed by atoms with E-state index in [-0.39, 0.29) is 50.5 Å². The Kier molecular flexibility index (Phi) is 6.36. The van der Waals surface area contributed by atoms with Gasteiger partial charge in [-0.05, 0) is 31.5 Å². The van der Waals surface area contributed by atoms with E-state index < -0.39 is 26.6 Å². The molecule has 3 rings (SSSR count). The van der Waals surface area contributed by atoms with E-state index in [0.717, 1.165) is 41.9 Å². The molecule has 2 heterocycles. The van der Waals surface area contributed by atoms with Crippen molar-refractivity contribution in [2.45, 2.75) is 23.8 Å². The molecule has 140 valence electrons. The quantitative estimate of drug-likeness (QED) is 0.828. The summed E-state index contributed by atoms with van der Waals surface area (Å²) in [5, 5.41) is 3.11. The zero-order chi connectivity index (χ0) is 17.3. The van der Waals surface area contributed by atoms with Crippen molar-refractivity contribution < 1.29 is 22.0 Å². The van der Waals surface area contributed by atoms with E-state index in [1.54, 1.807) is 4.90 Å². The van der Waals surface area contributed by atoms with Crippen LogP contribution < -0.4 is 5.32 Å². The largest absolute Gasteiger partial charge is 0.339 e. The number of nitrogens with one attached hydrogen (secondary N) is 1. The molecule has 0 spiro atoms. The summed E-state index contributed by atoms with van der Waals surface area (Å²) >= 11 is 0. The second-order valence-electron chi connectivity index (χ2n) is 5.93. The molecular weight excluding hydrogens is 376 g/mol. The van der Waals surface area contributed by atoms with E-state index in [9.17, 15) is 22.0 Å². The predicted molar refractivity (Wildman–Crippen MR) is 90.0 cm³/mol. The van der Waals surface area contributed by atoms with Gasteiger partial charge in [-0.3, -0.25) is 4.79 Å². The average Bonchev–Trinajstić information content (AvgIpc) is 3.08. The third-order valence-electron chi connectivity index (χ3n) is 4.43. The molecule has 1 aromatic carbocycles. The Hall–Kier alpha value is -1.29. The van der Waals surface area contributed by atoms with Crippen LogP contribution in [0.3, 0.4) is 0 Å². The van der Waals surface area contributed by atoms with Crippen molar-refractivity contribution in [2.75, 3.05) is 32.7 Å². The normalized spacial score (nSPS) is 21.8. The Morgan fingerprint density at radius 3 is 2.24 bits per heavy atom. The van der Waals surface area contributed by atoms with E-state index in [1.807, 2.05) is 0 Å². The molecule has 2 aliphatic rings. The van der Waals surface area contributed by atoms with Crippen LogP contribution in [0.4, 0.5) is 8.78 Å². The summed E-state index contributed by atoms with van der Waals surface area (Å²) in [6.45, 7) is 1.28. The van der Waals surface area contributed by atoms with Gasteiger partial charge in [0.1, 0.15) is 11.6 Å². The summed E-state index contributed by atoms with van der Waals surface area (Å²) in [5.74, 6) is -2.26. The SMILES string of the molecule is Cl.O=C(C1CCCN1)N1CCN(S(=O)(=O)c2c(F)cccc2F)CC1. The van der Waals surface area contributed by atoms with Gasteiger partial charge in [0.05, 0.1) is 6.04 Å². The van der Waals surface area contributed by atoms with Crippen molar-refractivity contribution in [3.8, 4) is 0 Å². The van der Waals surface area contributed by atoms with Gasteiger partial charge >= 0.3 is 0 Å². The molecule has 0 radical (unpaired) electrons. The lowest BCUT2D eigenvalue weighted by atomic mass is 10.2. The minimum Gasteiger partial charge on any atom is -0.339 e. The van der Waals surface area contributed by atoms with E-state index in [1.165, 1.54) is 0 Å². The first kappa shape index (κ1) is 20.0. The van der Waals surface area contributed by atoms with Gasteiger partial charge in [0.2, 0.25) is 15.9 Å². The molecule has 1 amide bonds. The molecule has 1 atom stereocenters. The van der Waals surface area contributed by atoms with Crippen LogP contribution in [0.1, 0.15) is 12.8 Å². The number of sulfonamides is 1. The fourth-order valence-electron chi connectivity index (χ4n) is 3.12. The molecule has 1 unspecified atom stereocenters. The molecule has 2 fully saturated rings. The number of carbonyl (C=O) groups is 1. The first-order valence-corrected chi connectivity index (χ1v) is 9.31. The standard InChI is InChI=1S/C15H19F2N3O3S.ClH/c16-11-3-1-4-12(17)14(11)24(22,23)20-9-7-19(8-10-20)15(21)13-5-2-6-18-13;/h1,3-4,13,18H,2,5-10H2;1H. The van der Waals surface area contributed by atoms with Crippen LogP contribution >= 0.6 is 12.4 Å². The van der Waals surface area contributed by atoms with Gasteiger partial charge < -0.3 is 10.2 Å². The topological polar surface area (TPSA) is 69.7 Å². The third kappa shape index (κ3) is 3.94. The molecule has 2 saturated heterocycles. The number of benzene rings is 1. The monoisotopic (exact) mass is 395 g/mol. The molecule has 25 heavy (non-hydrogen) atoms. The molecule has 10 heteroatoms. The maximum absolute atomic E-state index is 13.8. The molecule has 0 aliphatic carbocycles. The molecular formula is C15H20ClF2N3O3S. The zero-order valence-electron chi connectivity index (χ0n) is 13.5. The Labute approximate surface area is 151 Å². The highest BCUT2D eigenvalue weighted by molar-refractivity contribution is 7.89. The Morgan fingerprint density at radius 1 is 1.12 bits per heavy atom. The van der Waals surface area contributed by atoms with E-state index >= 15 is 0 Å². The van der Waals surface area contributed by atoms with Crippen molar-refractivity contribution in [2.24, 2.45) is 0 Å². The average molecular weight is 396 g/mol. The molecule has 6 nitrogen and oxygen atoms in total. The van der Waals surface area contributed by atoms with Gasteiger partial charge in [0, 0.05) is 26.2 Å². The Morgan fingerprint density at radius 2 is 1.72 bits per heavy atom. The van der Waals surface area contributed by atoms with Gasteiger partial charge in [-0.1, -0.05) is 6.07 Å². The van der Waals surface area contributed by atoms with Crippen LogP contribution in [-0.2, 0) is 14.8 Å². The Bertz CT molecular complexity index is 713. The maximum atomic E-state index is 13.8. The minimum atomic E-state index is -4.26. The number of piperazine rings is 1. The first-order valence-electron chi connectivity index (χ1n) is 7.87. The van der Waals surface area contributed by atoms with Crippen LogP contribution in [0.5, 0.6) is 0 Å². The van der Waals surface area contributed by atoms with Gasteiger partial charge in [-0.2, -0.15) is 4.31 Å². The third-order valence-corrected chi connectivity index (χ3v) is 6.38. The fourth-order valence-corrected chi connectivity index (χ4v) is 4.65. The van der Waals surface area contributed by atoms with Crippen molar-refractivity contribution in [1.29, 1.82) is 0 Å². The number of hydrogen-bond acceptors (Lipinski definition) is 4. The summed E-state index contributed by atoms with van der Waals surface area (Å²) in [7, 11) is -4.26. The van der Waals surface area contributed by atoms with Crippen LogP contribution in [-0.4, -0.2) is 62.3 Å². The van der Waals surface area contributed by atoms with E-state index in [0.29, 0.717) is 0 Å². The van der Waals surface area contributed by atoms with Crippen LogP contribution in [0, 0.1) is 11.6 Å². The molecule has 1 aromatic rings. The molecule has 2 aliphatic heterocycles. The lowest BCUT2D eigenvalue weighted by Gasteiger charge is -2.35. The number of rotatable bonds is 3. The number of amides is 1. The van der Waals surface area contributed by atoms with Crippen molar-refractivity contribution in [3.63, 3.8) is 0 Å². The summed E-state index contributed by atoms with van der Waals surface area (Å²) in [6.07, 6.45) is 1.72. The van der Waals surface area contributed by atoms with Gasteiger partial charge in [0.15, 0.2) is 4.90 Å². The fraction of sp³-hybridized carbons (Fsp3) is 0.533. The second-order valence-corrected chi connectivity index (χ2v) is 7.80. The van der Waals surface area contributed by atoms with Crippen LogP contribution in [0.25, 0.3) is 0 Å². The van der Waals surface area contributed by atoms with Gasteiger partial charge in [0.25, 0.3) is 0 Å². The van der Waals surface area contributed by atoms with Crippen molar-refractivity contribution in [3.05, 3.63) is 29.8 Å². The van der Waals surface area contributed by atoms with Gasteiger partial charge in [-0.25, -0.2) is 17.2 Å². The predicted octanol–water partition coefficient (Wildman–Crippen LogP) is 0.971. The highest BCUT2D eigenvalue weighted by Crippen LogP contribution is 2.24. The molecule has 1 N–H and O–H groups in total. The Balaban J connectivity index is 0.00000225. The smallest absolute Gasteiger partial charge is 0.249 e. The molecule has 0 bridgehead atoms. The van der Waals surface area contributed by atoms with E-state index in [4.69, 9.17) is 0 Å². The number of hydrogen-bond donors (Lipinski definition) is 1. The number of carbonyl (C=O) groups excluding carboxylic acids is 1. The summed E-state index contributed by atoms with van der Waals surface area (Å²) < 4.78 is 53.6. The lowest BCUT2D eigenvalue weighted by molar-refractivity contribution is -0.134. The molecule has 0 aromatic heterocycles. The maximum Gasteiger partial charge on any atom is 0.249 e.